The molecule has 1 amide bonds. The maximum atomic E-state index is 13.4. The van der Waals surface area contributed by atoms with Crippen molar-refractivity contribution in [2.45, 2.75) is 104 Å². The Morgan fingerprint density at radius 1 is 1.15 bits per heavy atom. The van der Waals surface area contributed by atoms with E-state index in [9.17, 15) is 4.79 Å². The lowest BCUT2D eigenvalue weighted by Crippen LogP contribution is -2.45. The van der Waals surface area contributed by atoms with E-state index in [2.05, 4.69) is 55.5 Å². The molecule has 0 aliphatic carbocycles. The molecule has 1 aromatic carbocycles. The Kier molecular flexibility index (Phi) is 8.82. The zero-order valence-corrected chi connectivity index (χ0v) is 27.2. The van der Waals surface area contributed by atoms with Crippen LogP contribution in [-0.2, 0) is 22.3 Å². The van der Waals surface area contributed by atoms with E-state index in [1.54, 1.807) is 22.4 Å². The van der Waals surface area contributed by atoms with Gasteiger partial charge in [0.2, 0.25) is 0 Å². The van der Waals surface area contributed by atoms with Gasteiger partial charge < -0.3 is 18.5 Å². The van der Waals surface area contributed by atoms with E-state index in [4.69, 9.17) is 18.9 Å². The highest BCUT2D eigenvalue weighted by Gasteiger charge is 2.46. The number of ether oxygens (including phenoxy) is 2. The number of amides is 1. The highest BCUT2D eigenvalue weighted by atomic mass is 32.1. The molecule has 1 aliphatic rings. The van der Waals surface area contributed by atoms with Crippen molar-refractivity contribution in [1.82, 2.24) is 19.4 Å². The van der Waals surface area contributed by atoms with Gasteiger partial charge >= 0.3 is 6.09 Å². The first-order valence-corrected chi connectivity index (χ1v) is 17.7. The van der Waals surface area contributed by atoms with Crippen LogP contribution in [-0.4, -0.2) is 52.1 Å². The average molecular weight is 585 g/mol. The van der Waals surface area contributed by atoms with Crippen molar-refractivity contribution >= 4 is 25.7 Å². The highest BCUT2D eigenvalue weighted by molar-refractivity contribution is 7.09. The zero-order chi connectivity index (χ0) is 29.3. The normalized spacial score (nSPS) is 18.3. The molecule has 0 bridgehead atoms. The van der Waals surface area contributed by atoms with Crippen LogP contribution in [0.5, 0.6) is 5.75 Å². The summed E-state index contributed by atoms with van der Waals surface area (Å²) in [6.07, 6.45) is 4.05. The Morgan fingerprint density at radius 2 is 1.90 bits per heavy atom. The van der Waals surface area contributed by atoms with Gasteiger partial charge in [-0.25, -0.2) is 14.8 Å². The molecule has 0 unspecified atom stereocenters. The molecule has 10 heteroatoms. The van der Waals surface area contributed by atoms with Gasteiger partial charge in [0.05, 0.1) is 28.2 Å². The van der Waals surface area contributed by atoms with E-state index in [0.29, 0.717) is 26.1 Å². The van der Waals surface area contributed by atoms with Crippen LogP contribution in [0.15, 0.2) is 42.2 Å². The van der Waals surface area contributed by atoms with Gasteiger partial charge in [0.1, 0.15) is 23.8 Å². The molecule has 8 nitrogen and oxygen atoms in total. The molecule has 0 N–H and O–H groups in total. The molecule has 1 aliphatic heterocycles. The molecule has 2 aromatic heterocycles. The predicted molar refractivity (Wildman–Crippen MR) is 161 cm³/mol. The van der Waals surface area contributed by atoms with Gasteiger partial charge in [0, 0.05) is 31.9 Å². The summed E-state index contributed by atoms with van der Waals surface area (Å²) in [5, 5.41) is 0.0755. The molecule has 4 rings (SSSR count). The van der Waals surface area contributed by atoms with Crippen molar-refractivity contribution in [1.29, 1.82) is 0 Å². The first kappa shape index (κ1) is 30.3. The van der Waals surface area contributed by atoms with E-state index in [-0.39, 0.29) is 23.3 Å². The summed E-state index contributed by atoms with van der Waals surface area (Å²) < 4.78 is 20.8. The fraction of sp³-hybridized carbons (Fsp3) is 0.567. The number of likely N-dealkylation sites (tertiary alicyclic amines) is 1. The highest BCUT2D eigenvalue weighted by Crippen LogP contribution is 2.41. The molecular weight excluding hydrogens is 541 g/mol. The number of rotatable bonds is 8. The van der Waals surface area contributed by atoms with Crippen molar-refractivity contribution in [3.05, 3.63) is 64.1 Å². The van der Waals surface area contributed by atoms with Gasteiger partial charge in [-0.1, -0.05) is 32.9 Å². The standard InChI is InChI=1S/C30H44N4O4SSi/c1-21-26(39-20-32-21)19-36-23-12-10-11-22(15-23)17-33-14-13-31-27(33)25-16-24(38-40(8,9)30(5,6)7)18-34(25)28(35)37-29(2,3)4/h10-15,20,24-25H,16-19H2,1-9H3/t24-,25+/m1/s1. The number of aryl methyl sites for hydroxylation is 1. The lowest BCUT2D eigenvalue weighted by atomic mass is 10.1. The third-order valence-electron chi connectivity index (χ3n) is 7.67. The Balaban J connectivity index is 1.54. The van der Waals surface area contributed by atoms with Crippen molar-refractivity contribution < 1.29 is 18.7 Å². The lowest BCUT2D eigenvalue weighted by molar-refractivity contribution is 0.0201. The van der Waals surface area contributed by atoms with E-state index in [0.717, 1.165) is 27.7 Å². The van der Waals surface area contributed by atoms with Crippen LogP contribution in [0.1, 0.15) is 76.0 Å². The minimum Gasteiger partial charge on any atom is -0.488 e. The topological polar surface area (TPSA) is 78.7 Å². The summed E-state index contributed by atoms with van der Waals surface area (Å²) in [4.78, 5) is 25.4. The number of nitrogens with zero attached hydrogens (tertiary/aromatic N) is 4. The Hall–Kier alpha value is -2.69. The number of thiazole rings is 1. The van der Waals surface area contributed by atoms with Crippen LogP contribution >= 0.6 is 11.3 Å². The summed E-state index contributed by atoms with van der Waals surface area (Å²) in [6.45, 7) is 20.5. The molecule has 0 spiro atoms. The fourth-order valence-corrected chi connectivity index (χ4v) is 6.59. The number of carbonyl (C=O) groups is 1. The molecule has 2 atom stereocenters. The lowest BCUT2D eigenvalue weighted by Gasteiger charge is -2.38. The van der Waals surface area contributed by atoms with Crippen molar-refractivity contribution in [3.63, 3.8) is 0 Å². The molecule has 1 fully saturated rings. The average Bonchev–Trinajstić information content (AvgIpc) is 3.56. The van der Waals surface area contributed by atoms with E-state index in [1.165, 1.54) is 0 Å². The minimum absolute atomic E-state index is 0.0736. The zero-order valence-electron chi connectivity index (χ0n) is 25.4. The van der Waals surface area contributed by atoms with Crippen LogP contribution in [0.4, 0.5) is 4.79 Å². The second kappa shape index (κ2) is 11.7. The molecule has 0 radical (unpaired) electrons. The van der Waals surface area contributed by atoms with Crippen molar-refractivity contribution in [2.75, 3.05) is 6.54 Å². The molecule has 3 heterocycles. The van der Waals surface area contributed by atoms with Gasteiger partial charge in [-0.05, 0) is 63.5 Å². The number of aromatic nitrogens is 3. The van der Waals surface area contributed by atoms with Crippen LogP contribution < -0.4 is 4.74 Å². The molecule has 3 aromatic rings. The van der Waals surface area contributed by atoms with Crippen LogP contribution in [0.3, 0.4) is 0 Å². The summed E-state index contributed by atoms with van der Waals surface area (Å²) in [5.74, 6) is 1.64. The second-order valence-electron chi connectivity index (χ2n) is 13.1. The molecule has 1 saturated heterocycles. The van der Waals surface area contributed by atoms with Gasteiger partial charge in [0.25, 0.3) is 0 Å². The Morgan fingerprint density at radius 3 is 2.55 bits per heavy atom. The number of imidazole rings is 1. The van der Waals surface area contributed by atoms with Gasteiger partial charge in [-0.15, -0.1) is 11.3 Å². The molecule has 0 saturated carbocycles. The molecule has 40 heavy (non-hydrogen) atoms. The Labute approximate surface area is 243 Å². The van der Waals surface area contributed by atoms with E-state index >= 15 is 0 Å². The largest absolute Gasteiger partial charge is 0.488 e. The minimum atomic E-state index is -2.03. The van der Waals surface area contributed by atoms with Gasteiger partial charge in [-0.3, -0.25) is 4.90 Å². The first-order valence-electron chi connectivity index (χ1n) is 13.9. The first-order chi connectivity index (χ1) is 18.6. The maximum absolute atomic E-state index is 13.4. The molecule has 218 valence electrons. The SMILES string of the molecule is Cc1ncsc1COc1cccc(Cn2ccnc2[C@@H]2C[C@@H](O[Si](C)(C)C(C)(C)C)CN2C(=O)OC(C)(C)C)c1. The number of hydrogen-bond donors (Lipinski definition) is 0. The number of hydrogen-bond acceptors (Lipinski definition) is 7. The summed E-state index contributed by atoms with van der Waals surface area (Å²) in [7, 11) is -2.03. The predicted octanol–water partition coefficient (Wildman–Crippen LogP) is 7.35. The van der Waals surface area contributed by atoms with E-state index < -0.39 is 13.9 Å². The monoisotopic (exact) mass is 584 g/mol. The quantitative estimate of drug-likeness (QED) is 0.258. The number of carbonyl (C=O) groups excluding carboxylic acids is 1. The smallest absolute Gasteiger partial charge is 0.411 e. The third-order valence-corrected chi connectivity index (χ3v) is 13.1. The fourth-order valence-electron chi connectivity index (χ4n) is 4.54. The summed E-state index contributed by atoms with van der Waals surface area (Å²) in [5.41, 5.74) is 3.35. The van der Waals surface area contributed by atoms with Gasteiger partial charge in [-0.2, -0.15) is 0 Å². The third kappa shape index (κ3) is 7.33. The Bertz CT molecular complexity index is 1310. The number of benzene rings is 1. The van der Waals surface area contributed by atoms with Crippen LogP contribution in [0.25, 0.3) is 0 Å². The summed E-state index contributed by atoms with van der Waals surface area (Å²) >= 11 is 1.60. The van der Waals surface area contributed by atoms with Crippen molar-refractivity contribution in [2.24, 2.45) is 0 Å². The van der Waals surface area contributed by atoms with E-state index in [1.807, 2.05) is 51.5 Å². The maximum Gasteiger partial charge on any atom is 0.411 e. The van der Waals surface area contributed by atoms with Gasteiger partial charge in [0.15, 0.2) is 8.32 Å². The molecular formula is C30H44N4O4SSi. The summed E-state index contributed by atoms with van der Waals surface area (Å²) in [6, 6.07) is 7.88. The second-order valence-corrected chi connectivity index (χ2v) is 18.8. The van der Waals surface area contributed by atoms with Crippen molar-refractivity contribution in [3.8, 4) is 5.75 Å². The van der Waals surface area contributed by atoms with Crippen LogP contribution in [0, 0.1) is 6.92 Å². The van der Waals surface area contributed by atoms with Crippen LogP contribution in [0.2, 0.25) is 18.1 Å².